The van der Waals surface area contributed by atoms with E-state index in [4.69, 9.17) is 4.74 Å². The minimum Gasteiger partial charge on any atom is -0.444 e. The summed E-state index contributed by atoms with van der Waals surface area (Å²) in [5, 5.41) is 0. The molecular formula is C22H32FN3O3. The molecule has 1 aromatic rings. The molecule has 0 spiro atoms. The zero-order valence-electron chi connectivity index (χ0n) is 17.9. The first-order valence-corrected chi connectivity index (χ1v) is 10.4. The Hall–Kier alpha value is -2.15. The summed E-state index contributed by atoms with van der Waals surface area (Å²) in [7, 11) is 1.77. The first-order chi connectivity index (χ1) is 13.7. The van der Waals surface area contributed by atoms with E-state index in [0.717, 1.165) is 32.4 Å². The lowest BCUT2D eigenvalue weighted by atomic mass is 9.95. The molecule has 0 bridgehead atoms. The molecular weight excluding hydrogens is 373 g/mol. The Bertz CT molecular complexity index is 741. The molecule has 2 aliphatic rings. The average molecular weight is 406 g/mol. The maximum Gasteiger partial charge on any atom is 0.410 e. The van der Waals surface area contributed by atoms with Crippen molar-refractivity contribution in [2.24, 2.45) is 5.92 Å². The molecule has 3 rings (SSSR count). The molecule has 29 heavy (non-hydrogen) atoms. The van der Waals surface area contributed by atoms with Crippen LogP contribution in [0.1, 0.15) is 40.0 Å². The number of benzene rings is 1. The van der Waals surface area contributed by atoms with Crippen LogP contribution in [0.2, 0.25) is 0 Å². The van der Waals surface area contributed by atoms with Crippen LogP contribution in [0.3, 0.4) is 0 Å². The number of nitrogens with zero attached hydrogens (tertiary/aromatic N) is 3. The molecule has 0 radical (unpaired) electrons. The number of rotatable bonds is 4. The third kappa shape index (κ3) is 5.26. The summed E-state index contributed by atoms with van der Waals surface area (Å²) >= 11 is 0. The Morgan fingerprint density at radius 2 is 1.83 bits per heavy atom. The highest BCUT2D eigenvalue weighted by Crippen LogP contribution is 2.29. The fraction of sp³-hybridized carbons (Fsp3) is 0.636. The fourth-order valence-corrected chi connectivity index (χ4v) is 4.16. The Balaban J connectivity index is 1.50. The van der Waals surface area contributed by atoms with E-state index >= 15 is 0 Å². The molecule has 0 aliphatic carbocycles. The number of halogens is 1. The maximum atomic E-state index is 14.1. The van der Waals surface area contributed by atoms with Crippen LogP contribution in [-0.2, 0) is 9.53 Å². The highest BCUT2D eigenvalue weighted by Gasteiger charge is 2.39. The van der Waals surface area contributed by atoms with Crippen molar-refractivity contribution in [3.8, 4) is 0 Å². The van der Waals surface area contributed by atoms with Crippen molar-refractivity contribution in [1.82, 2.24) is 9.80 Å². The lowest BCUT2D eigenvalue weighted by molar-refractivity contribution is -0.122. The number of para-hydroxylation sites is 1. The Labute approximate surface area is 172 Å². The van der Waals surface area contributed by atoms with E-state index in [0.29, 0.717) is 24.7 Å². The molecule has 0 aromatic heterocycles. The SMILES string of the molecule is CN(CC1CCN(C2CCN(c3ccccc3F)C2=O)CC1)C(=O)OC(C)(C)C. The number of piperidine rings is 1. The summed E-state index contributed by atoms with van der Waals surface area (Å²) in [6.07, 6.45) is 2.27. The topological polar surface area (TPSA) is 53.1 Å². The quantitative estimate of drug-likeness (QED) is 0.769. The third-order valence-corrected chi connectivity index (χ3v) is 5.65. The minimum atomic E-state index is -0.498. The first kappa shape index (κ1) is 21.6. The summed E-state index contributed by atoms with van der Waals surface area (Å²) in [6, 6.07) is 6.26. The van der Waals surface area contributed by atoms with E-state index in [-0.39, 0.29) is 23.9 Å². The van der Waals surface area contributed by atoms with Crippen molar-refractivity contribution >= 4 is 17.7 Å². The van der Waals surface area contributed by atoms with Gasteiger partial charge in [-0.15, -0.1) is 0 Å². The Morgan fingerprint density at radius 3 is 2.45 bits per heavy atom. The second-order valence-corrected chi connectivity index (χ2v) is 9.09. The predicted octanol–water partition coefficient (Wildman–Crippen LogP) is 3.51. The van der Waals surface area contributed by atoms with Crippen molar-refractivity contribution in [3.63, 3.8) is 0 Å². The van der Waals surface area contributed by atoms with E-state index < -0.39 is 5.60 Å². The van der Waals surface area contributed by atoms with E-state index in [1.807, 2.05) is 20.8 Å². The van der Waals surface area contributed by atoms with Gasteiger partial charge in [0.15, 0.2) is 0 Å². The van der Waals surface area contributed by atoms with Crippen LogP contribution in [0.5, 0.6) is 0 Å². The molecule has 6 nitrogen and oxygen atoms in total. The third-order valence-electron chi connectivity index (χ3n) is 5.65. The second kappa shape index (κ2) is 8.69. The number of ether oxygens (including phenoxy) is 1. The van der Waals surface area contributed by atoms with Crippen molar-refractivity contribution in [1.29, 1.82) is 0 Å². The van der Waals surface area contributed by atoms with Crippen molar-refractivity contribution in [2.75, 3.05) is 38.1 Å². The Kier molecular flexibility index (Phi) is 6.46. The van der Waals surface area contributed by atoms with Crippen LogP contribution in [0, 0.1) is 11.7 Å². The van der Waals surface area contributed by atoms with Crippen LogP contribution < -0.4 is 4.90 Å². The van der Waals surface area contributed by atoms with Gasteiger partial charge in [0.1, 0.15) is 11.4 Å². The molecule has 1 aromatic carbocycles. The van der Waals surface area contributed by atoms with Gasteiger partial charge < -0.3 is 14.5 Å². The van der Waals surface area contributed by atoms with Gasteiger partial charge in [-0.05, 0) is 71.2 Å². The molecule has 2 aliphatic heterocycles. The number of hydrogen-bond donors (Lipinski definition) is 0. The zero-order valence-corrected chi connectivity index (χ0v) is 17.9. The van der Waals surface area contributed by atoms with Crippen molar-refractivity contribution in [3.05, 3.63) is 30.1 Å². The van der Waals surface area contributed by atoms with Gasteiger partial charge in [-0.2, -0.15) is 0 Å². The molecule has 0 saturated carbocycles. The summed E-state index contributed by atoms with van der Waals surface area (Å²) in [4.78, 5) is 30.5. The number of likely N-dealkylation sites (tertiary alicyclic amines) is 1. The smallest absolute Gasteiger partial charge is 0.410 e. The van der Waals surface area contributed by atoms with Gasteiger partial charge in [-0.1, -0.05) is 12.1 Å². The molecule has 1 unspecified atom stereocenters. The van der Waals surface area contributed by atoms with Crippen LogP contribution in [0.25, 0.3) is 0 Å². The minimum absolute atomic E-state index is 0.0144. The van der Waals surface area contributed by atoms with Crippen molar-refractivity contribution < 1.29 is 18.7 Å². The molecule has 160 valence electrons. The first-order valence-electron chi connectivity index (χ1n) is 10.4. The van der Waals surface area contributed by atoms with Gasteiger partial charge >= 0.3 is 6.09 Å². The average Bonchev–Trinajstić information content (AvgIpc) is 3.02. The summed E-state index contributed by atoms with van der Waals surface area (Å²) in [5.41, 5.74) is -0.129. The molecule has 2 saturated heterocycles. The lowest BCUT2D eigenvalue weighted by Crippen LogP contribution is -2.47. The maximum absolute atomic E-state index is 14.1. The van der Waals surface area contributed by atoms with Crippen LogP contribution in [0.4, 0.5) is 14.9 Å². The van der Waals surface area contributed by atoms with Crippen LogP contribution in [-0.4, -0.2) is 66.7 Å². The number of anilines is 1. The summed E-state index contributed by atoms with van der Waals surface area (Å²) in [6.45, 7) is 8.42. The molecule has 1 atom stereocenters. The van der Waals surface area contributed by atoms with E-state index in [2.05, 4.69) is 4.90 Å². The Morgan fingerprint density at radius 1 is 1.17 bits per heavy atom. The zero-order chi connectivity index (χ0) is 21.2. The van der Waals surface area contributed by atoms with Crippen LogP contribution >= 0.6 is 0 Å². The molecule has 2 fully saturated rings. The van der Waals surface area contributed by atoms with Gasteiger partial charge in [0.2, 0.25) is 5.91 Å². The predicted molar refractivity (Wildman–Crippen MR) is 110 cm³/mol. The highest BCUT2D eigenvalue weighted by molar-refractivity contribution is 5.99. The molecule has 2 amide bonds. The molecule has 7 heteroatoms. The van der Waals surface area contributed by atoms with E-state index in [1.54, 1.807) is 35.0 Å². The van der Waals surface area contributed by atoms with Crippen molar-refractivity contribution in [2.45, 2.75) is 51.7 Å². The van der Waals surface area contributed by atoms with Gasteiger partial charge in [0.25, 0.3) is 0 Å². The fourth-order valence-electron chi connectivity index (χ4n) is 4.16. The van der Waals surface area contributed by atoms with E-state index in [1.165, 1.54) is 6.07 Å². The number of hydrogen-bond acceptors (Lipinski definition) is 4. The molecule has 2 heterocycles. The largest absolute Gasteiger partial charge is 0.444 e. The van der Waals surface area contributed by atoms with E-state index in [9.17, 15) is 14.0 Å². The van der Waals surface area contributed by atoms with Gasteiger partial charge in [-0.3, -0.25) is 9.69 Å². The van der Waals surface area contributed by atoms with Gasteiger partial charge in [0.05, 0.1) is 11.7 Å². The van der Waals surface area contributed by atoms with Gasteiger partial charge in [-0.25, -0.2) is 9.18 Å². The number of carbonyl (C=O) groups is 2. The monoisotopic (exact) mass is 405 g/mol. The summed E-state index contributed by atoms with van der Waals surface area (Å²) in [5.74, 6) is 0.0211. The standard InChI is InChI=1S/C22H32FN3O3/c1-22(2,3)29-21(28)24(4)15-16-9-12-25(13-10-16)19-11-14-26(20(19)27)18-8-6-5-7-17(18)23/h5-8,16,19H,9-15H2,1-4H3. The number of carbonyl (C=O) groups excluding carboxylic acids is 2. The second-order valence-electron chi connectivity index (χ2n) is 9.09. The number of amides is 2. The normalized spacial score (nSPS) is 21.5. The highest BCUT2D eigenvalue weighted by atomic mass is 19.1. The van der Waals surface area contributed by atoms with Gasteiger partial charge in [0, 0.05) is 20.1 Å². The van der Waals surface area contributed by atoms with Crippen LogP contribution in [0.15, 0.2) is 24.3 Å². The summed E-state index contributed by atoms with van der Waals surface area (Å²) < 4.78 is 19.5. The molecule has 0 N–H and O–H groups in total. The lowest BCUT2D eigenvalue weighted by Gasteiger charge is -2.36.